The summed E-state index contributed by atoms with van der Waals surface area (Å²) in [6.07, 6.45) is 0. The molecule has 3 aromatic rings. The number of ketones is 3. The molecule has 0 saturated heterocycles. The van der Waals surface area contributed by atoms with Crippen LogP contribution in [0.2, 0.25) is 0 Å². The molecule has 0 spiro atoms. The van der Waals surface area contributed by atoms with Crippen molar-refractivity contribution in [1.82, 2.24) is 0 Å². The Morgan fingerprint density at radius 2 is 1.41 bits per heavy atom. The van der Waals surface area contributed by atoms with Crippen molar-refractivity contribution in [3.05, 3.63) is 94.0 Å². The molecule has 0 heterocycles. The number of hydrogen-bond donors (Lipinski definition) is 1. The number of aryl methyl sites for hydroxylation is 1. The number of Topliss-reactive ketones (excluding diaryl/α,β-unsaturated/α-hetero) is 1. The van der Waals surface area contributed by atoms with Gasteiger partial charge in [0.15, 0.2) is 17.3 Å². The highest BCUT2D eigenvalue weighted by molar-refractivity contribution is 6.31. The van der Waals surface area contributed by atoms with Crippen molar-refractivity contribution in [3.8, 4) is 0 Å². The average molecular weight is 355 g/mol. The van der Waals surface area contributed by atoms with Gasteiger partial charge in [0, 0.05) is 27.9 Å². The van der Waals surface area contributed by atoms with Crippen LogP contribution in [0.3, 0.4) is 0 Å². The number of carbonyl (C=O) groups excluding carboxylic acids is 3. The fourth-order valence-corrected chi connectivity index (χ4v) is 3.39. The van der Waals surface area contributed by atoms with Crippen LogP contribution in [0.1, 0.15) is 54.7 Å². The van der Waals surface area contributed by atoms with E-state index < -0.39 is 0 Å². The van der Waals surface area contributed by atoms with E-state index in [-0.39, 0.29) is 22.9 Å². The fraction of sp³-hybridized carbons (Fsp3) is 0.0870. The second-order valence-corrected chi connectivity index (χ2v) is 6.66. The van der Waals surface area contributed by atoms with Gasteiger partial charge < -0.3 is 5.32 Å². The van der Waals surface area contributed by atoms with Crippen LogP contribution in [-0.4, -0.2) is 17.3 Å². The molecule has 132 valence electrons. The highest BCUT2D eigenvalue weighted by Crippen LogP contribution is 2.36. The van der Waals surface area contributed by atoms with Crippen molar-refractivity contribution in [3.63, 3.8) is 0 Å². The van der Waals surface area contributed by atoms with Gasteiger partial charge in [0.2, 0.25) is 0 Å². The normalized spacial score (nSPS) is 12.4. The second kappa shape index (κ2) is 6.32. The molecule has 0 aliphatic heterocycles. The van der Waals surface area contributed by atoms with Gasteiger partial charge in [-0.3, -0.25) is 14.4 Å². The topological polar surface area (TPSA) is 63.2 Å². The summed E-state index contributed by atoms with van der Waals surface area (Å²) in [6.45, 7) is 3.43. The number of nitrogens with one attached hydrogen (secondary N) is 1. The van der Waals surface area contributed by atoms with E-state index in [1.807, 2.05) is 31.2 Å². The lowest BCUT2D eigenvalue weighted by Gasteiger charge is -2.22. The number of carbonyl (C=O) groups is 3. The molecule has 4 heteroatoms. The third kappa shape index (κ3) is 2.75. The van der Waals surface area contributed by atoms with E-state index in [4.69, 9.17) is 0 Å². The first-order valence-corrected chi connectivity index (χ1v) is 8.67. The molecule has 27 heavy (non-hydrogen) atoms. The molecule has 4 rings (SSSR count). The number of hydrogen-bond acceptors (Lipinski definition) is 4. The highest BCUT2D eigenvalue weighted by Gasteiger charge is 2.33. The van der Waals surface area contributed by atoms with Gasteiger partial charge in [-0.25, -0.2) is 0 Å². The Labute approximate surface area is 156 Å². The first kappa shape index (κ1) is 16.9. The van der Waals surface area contributed by atoms with Crippen molar-refractivity contribution >= 4 is 28.7 Å². The maximum Gasteiger partial charge on any atom is 0.196 e. The summed E-state index contributed by atoms with van der Waals surface area (Å²) in [4.78, 5) is 38.3. The number of benzene rings is 3. The molecule has 1 N–H and O–H groups in total. The van der Waals surface area contributed by atoms with Gasteiger partial charge in [0.1, 0.15) is 0 Å². The van der Waals surface area contributed by atoms with Crippen LogP contribution in [0.4, 0.5) is 11.4 Å². The Morgan fingerprint density at radius 1 is 0.778 bits per heavy atom. The smallest absolute Gasteiger partial charge is 0.196 e. The van der Waals surface area contributed by atoms with Gasteiger partial charge in [-0.05, 0) is 38.1 Å². The van der Waals surface area contributed by atoms with Gasteiger partial charge in [-0.2, -0.15) is 0 Å². The molecule has 0 amide bonds. The Balaban J connectivity index is 1.94. The molecular weight excluding hydrogens is 338 g/mol. The average Bonchev–Trinajstić information content (AvgIpc) is 2.67. The van der Waals surface area contributed by atoms with Crippen LogP contribution < -0.4 is 5.32 Å². The zero-order valence-corrected chi connectivity index (χ0v) is 15.0. The van der Waals surface area contributed by atoms with E-state index in [1.54, 1.807) is 36.4 Å². The minimum absolute atomic E-state index is 0.175. The van der Waals surface area contributed by atoms with E-state index in [0.29, 0.717) is 27.9 Å². The fourth-order valence-electron chi connectivity index (χ4n) is 3.39. The molecule has 1 aliphatic rings. The maximum absolute atomic E-state index is 13.2. The first-order valence-electron chi connectivity index (χ1n) is 8.67. The molecule has 0 unspecified atom stereocenters. The molecule has 0 aromatic heterocycles. The predicted molar refractivity (Wildman–Crippen MR) is 104 cm³/mol. The van der Waals surface area contributed by atoms with E-state index in [1.165, 1.54) is 6.92 Å². The van der Waals surface area contributed by atoms with Gasteiger partial charge in [0.05, 0.1) is 11.3 Å². The Bertz CT molecular complexity index is 1110. The second-order valence-electron chi connectivity index (χ2n) is 6.66. The zero-order valence-electron chi connectivity index (χ0n) is 15.0. The quantitative estimate of drug-likeness (QED) is 0.540. The zero-order chi connectivity index (χ0) is 19.1. The van der Waals surface area contributed by atoms with Gasteiger partial charge in [-0.15, -0.1) is 0 Å². The molecule has 0 bridgehead atoms. The minimum Gasteiger partial charge on any atom is -0.354 e. The highest BCUT2D eigenvalue weighted by atomic mass is 16.1. The van der Waals surface area contributed by atoms with Crippen LogP contribution in [0.5, 0.6) is 0 Å². The van der Waals surface area contributed by atoms with Crippen LogP contribution in [0, 0.1) is 6.92 Å². The Morgan fingerprint density at radius 3 is 2.04 bits per heavy atom. The Hall–Kier alpha value is -3.53. The number of rotatable bonds is 3. The lowest BCUT2D eigenvalue weighted by atomic mass is 9.81. The summed E-state index contributed by atoms with van der Waals surface area (Å²) >= 11 is 0. The van der Waals surface area contributed by atoms with E-state index in [9.17, 15) is 14.4 Å². The van der Waals surface area contributed by atoms with Crippen molar-refractivity contribution < 1.29 is 14.4 Å². The molecule has 0 atom stereocenters. The molecule has 0 radical (unpaired) electrons. The molecular formula is C23H17NO3. The molecule has 3 aromatic carbocycles. The monoisotopic (exact) mass is 355 g/mol. The van der Waals surface area contributed by atoms with Crippen molar-refractivity contribution in [1.29, 1.82) is 0 Å². The third-order valence-corrected chi connectivity index (χ3v) is 4.79. The number of fused-ring (bicyclic) bond motifs is 2. The van der Waals surface area contributed by atoms with Crippen LogP contribution in [0.25, 0.3) is 0 Å². The number of anilines is 2. The summed E-state index contributed by atoms with van der Waals surface area (Å²) in [5, 5.41) is 3.20. The van der Waals surface area contributed by atoms with Gasteiger partial charge in [-0.1, -0.05) is 42.0 Å². The molecule has 1 aliphatic carbocycles. The summed E-state index contributed by atoms with van der Waals surface area (Å²) in [6, 6.07) is 17.6. The summed E-state index contributed by atoms with van der Waals surface area (Å²) in [5.41, 5.74) is 3.95. The standard InChI is InChI=1S/C23H17NO3/c1-13-7-9-15(10-8-13)24-21-16(14(2)25)11-12-19-20(21)23(27)18-6-4-3-5-17(18)22(19)26/h3-12,24H,1-2H3. The molecule has 0 saturated carbocycles. The lowest BCUT2D eigenvalue weighted by molar-refractivity contribution is 0.0978. The third-order valence-electron chi connectivity index (χ3n) is 4.79. The van der Waals surface area contributed by atoms with Crippen molar-refractivity contribution in [2.24, 2.45) is 0 Å². The minimum atomic E-state index is -0.252. The first-order chi connectivity index (χ1) is 13.0. The van der Waals surface area contributed by atoms with Crippen molar-refractivity contribution in [2.45, 2.75) is 13.8 Å². The molecule has 0 fully saturated rings. The van der Waals surface area contributed by atoms with Gasteiger partial charge in [0.25, 0.3) is 0 Å². The largest absolute Gasteiger partial charge is 0.354 e. The lowest BCUT2D eigenvalue weighted by Crippen LogP contribution is -2.23. The summed E-state index contributed by atoms with van der Waals surface area (Å²) < 4.78 is 0. The predicted octanol–water partition coefficient (Wildman–Crippen LogP) is 4.72. The summed E-state index contributed by atoms with van der Waals surface area (Å²) in [7, 11) is 0. The molecule has 4 nitrogen and oxygen atoms in total. The van der Waals surface area contributed by atoms with E-state index in [2.05, 4.69) is 5.32 Å². The van der Waals surface area contributed by atoms with Crippen molar-refractivity contribution in [2.75, 3.05) is 5.32 Å². The SMILES string of the molecule is CC(=O)c1ccc2c(c1Nc1ccc(C)cc1)C(=O)c1ccccc1C2=O. The van der Waals surface area contributed by atoms with Crippen LogP contribution >= 0.6 is 0 Å². The van der Waals surface area contributed by atoms with Gasteiger partial charge >= 0.3 is 0 Å². The maximum atomic E-state index is 13.2. The van der Waals surface area contributed by atoms with Crippen LogP contribution in [-0.2, 0) is 0 Å². The van der Waals surface area contributed by atoms with E-state index in [0.717, 1.165) is 11.3 Å². The summed E-state index contributed by atoms with van der Waals surface area (Å²) in [5.74, 6) is -0.633. The van der Waals surface area contributed by atoms with Crippen LogP contribution in [0.15, 0.2) is 60.7 Å². The Kier molecular flexibility index (Phi) is 3.96. The van der Waals surface area contributed by atoms with E-state index >= 15 is 0 Å².